The van der Waals surface area contributed by atoms with Crippen molar-refractivity contribution in [3.63, 3.8) is 0 Å². The molecule has 26 heavy (non-hydrogen) atoms. The minimum atomic E-state index is -0.770. The van der Waals surface area contributed by atoms with Gasteiger partial charge in [-0.2, -0.15) is 0 Å². The number of rotatable bonds is 5. The van der Waals surface area contributed by atoms with E-state index in [-0.39, 0.29) is 12.1 Å². The first-order valence-corrected chi connectivity index (χ1v) is 8.54. The molecule has 0 aliphatic carbocycles. The number of ether oxygens (including phenoxy) is 2. The van der Waals surface area contributed by atoms with Crippen molar-refractivity contribution >= 4 is 35.3 Å². The maximum atomic E-state index is 12.7. The number of nitrogens with one attached hydrogen (secondary N) is 1. The Balaban J connectivity index is 1.93. The third-order valence-corrected chi connectivity index (χ3v) is 4.65. The van der Waals surface area contributed by atoms with Crippen LogP contribution < -0.4 is 14.8 Å². The lowest BCUT2D eigenvalue weighted by molar-refractivity contribution is -0.130. The molecule has 1 fully saturated rings. The Hall–Kier alpha value is -3.13. The van der Waals surface area contributed by atoms with Gasteiger partial charge in [0.15, 0.2) is 0 Å². The summed E-state index contributed by atoms with van der Waals surface area (Å²) in [4.78, 5) is 38.7. The third-order valence-electron chi connectivity index (χ3n) is 3.83. The molecule has 2 aromatic rings. The number of amides is 4. The minimum Gasteiger partial charge on any atom is -0.497 e. The van der Waals surface area contributed by atoms with Gasteiger partial charge in [0.2, 0.25) is 0 Å². The number of imide groups is 2. The molecule has 0 unspecified atom stereocenters. The number of barbiturate groups is 1. The van der Waals surface area contributed by atoms with Crippen molar-refractivity contribution < 1.29 is 23.9 Å². The number of nitrogens with zero attached hydrogens (tertiary/aromatic N) is 1. The summed E-state index contributed by atoms with van der Waals surface area (Å²) in [6.07, 6.45) is 1.48. The lowest BCUT2D eigenvalue weighted by Crippen LogP contribution is -2.53. The number of hydrogen-bond acceptors (Lipinski definition) is 6. The quantitative estimate of drug-likeness (QED) is 0.644. The summed E-state index contributed by atoms with van der Waals surface area (Å²) in [5.41, 5.74) is 0.495. The van der Waals surface area contributed by atoms with E-state index in [2.05, 4.69) is 5.32 Å². The van der Waals surface area contributed by atoms with Crippen LogP contribution >= 0.6 is 11.3 Å². The number of urea groups is 1. The summed E-state index contributed by atoms with van der Waals surface area (Å²) < 4.78 is 10.5. The van der Waals surface area contributed by atoms with Gasteiger partial charge in [-0.15, -0.1) is 11.3 Å². The molecule has 0 atom stereocenters. The lowest BCUT2D eigenvalue weighted by Gasteiger charge is -2.27. The molecule has 134 valence electrons. The molecule has 2 heterocycles. The molecule has 1 aromatic heterocycles. The van der Waals surface area contributed by atoms with E-state index in [0.717, 1.165) is 9.78 Å². The summed E-state index contributed by atoms with van der Waals surface area (Å²) in [5.74, 6) is -0.289. The van der Waals surface area contributed by atoms with Crippen molar-refractivity contribution in [2.45, 2.75) is 6.54 Å². The molecule has 3 rings (SSSR count). The van der Waals surface area contributed by atoms with Crippen LogP contribution in [-0.2, 0) is 16.1 Å². The predicted molar refractivity (Wildman–Crippen MR) is 95.9 cm³/mol. The van der Waals surface area contributed by atoms with E-state index in [4.69, 9.17) is 9.47 Å². The zero-order valence-electron chi connectivity index (χ0n) is 14.1. The van der Waals surface area contributed by atoms with E-state index in [0.29, 0.717) is 17.1 Å². The zero-order chi connectivity index (χ0) is 18.7. The summed E-state index contributed by atoms with van der Waals surface area (Å²) in [6.45, 7) is -0.0555. The Morgan fingerprint density at radius 1 is 1.15 bits per heavy atom. The van der Waals surface area contributed by atoms with Crippen LogP contribution in [-0.4, -0.2) is 37.0 Å². The first kappa shape index (κ1) is 17.7. The topological polar surface area (TPSA) is 84.9 Å². The predicted octanol–water partition coefficient (Wildman–Crippen LogP) is 2.43. The van der Waals surface area contributed by atoms with Gasteiger partial charge in [-0.25, -0.2) is 4.79 Å². The Bertz CT molecular complexity index is 889. The molecular weight excluding hydrogens is 356 g/mol. The van der Waals surface area contributed by atoms with Crippen molar-refractivity contribution in [1.82, 2.24) is 10.2 Å². The molecule has 0 saturated carbocycles. The molecule has 0 spiro atoms. The summed E-state index contributed by atoms with van der Waals surface area (Å²) in [5, 5.41) is 4.04. The highest BCUT2D eigenvalue weighted by molar-refractivity contribution is 7.10. The van der Waals surface area contributed by atoms with Gasteiger partial charge >= 0.3 is 6.03 Å². The molecule has 1 aliphatic rings. The largest absolute Gasteiger partial charge is 0.497 e. The number of hydrogen-bond donors (Lipinski definition) is 1. The van der Waals surface area contributed by atoms with Gasteiger partial charge in [0.1, 0.15) is 17.1 Å². The van der Waals surface area contributed by atoms with Crippen LogP contribution in [0.3, 0.4) is 0 Å². The van der Waals surface area contributed by atoms with Gasteiger partial charge in [-0.1, -0.05) is 6.07 Å². The van der Waals surface area contributed by atoms with Crippen molar-refractivity contribution in [3.8, 4) is 11.5 Å². The van der Waals surface area contributed by atoms with Crippen LogP contribution in [0.15, 0.2) is 41.3 Å². The van der Waals surface area contributed by atoms with E-state index in [1.165, 1.54) is 31.6 Å². The summed E-state index contributed by atoms with van der Waals surface area (Å²) in [7, 11) is 3.01. The first-order valence-electron chi connectivity index (χ1n) is 7.66. The normalized spacial score (nSPS) is 16.0. The van der Waals surface area contributed by atoms with Gasteiger partial charge in [-0.3, -0.25) is 19.8 Å². The second-order valence-corrected chi connectivity index (χ2v) is 6.38. The van der Waals surface area contributed by atoms with Crippen LogP contribution in [0.4, 0.5) is 4.79 Å². The molecule has 4 amide bonds. The Morgan fingerprint density at radius 3 is 2.62 bits per heavy atom. The first-order chi connectivity index (χ1) is 12.5. The van der Waals surface area contributed by atoms with Crippen LogP contribution in [0.25, 0.3) is 6.08 Å². The fraction of sp³-hybridized carbons (Fsp3) is 0.167. The van der Waals surface area contributed by atoms with E-state index < -0.39 is 17.8 Å². The summed E-state index contributed by atoms with van der Waals surface area (Å²) in [6, 6.07) is 7.91. The molecular formula is C18H16N2O5S. The number of carbonyl (C=O) groups excluding carboxylic acids is 3. The average molecular weight is 372 g/mol. The van der Waals surface area contributed by atoms with Gasteiger partial charge in [0.05, 0.1) is 20.8 Å². The highest BCUT2D eigenvalue weighted by atomic mass is 32.1. The fourth-order valence-electron chi connectivity index (χ4n) is 2.53. The molecule has 7 nitrogen and oxygen atoms in total. The van der Waals surface area contributed by atoms with Crippen molar-refractivity contribution in [2.24, 2.45) is 0 Å². The van der Waals surface area contributed by atoms with Gasteiger partial charge in [0.25, 0.3) is 11.8 Å². The molecule has 1 saturated heterocycles. The van der Waals surface area contributed by atoms with Crippen molar-refractivity contribution in [2.75, 3.05) is 14.2 Å². The SMILES string of the molecule is COc1ccc(OC)c(CN2C(=O)NC(=O)C(=Cc3cccs3)C2=O)c1. The molecule has 1 N–H and O–H groups in total. The van der Waals surface area contributed by atoms with Crippen LogP contribution in [0.2, 0.25) is 0 Å². The Morgan fingerprint density at radius 2 is 1.96 bits per heavy atom. The van der Waals surface area contributed by atoms with Crippen molar-refractivity contribution in [3.05, 3.63) is 51.7 Å². The highest BCUT2D eigenvalue weighted by Gasteiger charge is 2.36. The van der Waals surface area contributed by atoms with E-state index in [1.807, 2.05) is 11.4 Å². The van der Waals surface area contributed by atoms with Crippen LogP contribution in [0.1, 0.15) is 10.4 Å². The van der Waals surface area contributed by atoms with E-state index >= 15 is 0 Å². The van der Waals surface area contributed by atoms with E-state index in [1.54, 1.807) is 24.3 Å². The Labute approximate surface area is 153 Å². The standard InChI is InChI=1S/C18H16N2O5S/c1-24-12-5-6-15(25-2)11(8-12)10-20-17(22)14(16(21)19-18(20)23)9-13-4-3-7-26-13/h3-9H,10H2,1-2H3,(H,19,21,23). The number of thiophene rings is 1. The molecule has 8 heteroatoms. The number of methoxy groups -OCH3 is 2. The molecule has 0 bridgehead atoms. The second-order valence-electron chi connectivity index (χ2n) is 5.40. The second kappa shape index (κ2) is 7.40. The van der Waals surface area contributed by atoms with Gasteiger partial charge in [-0.05, 0) is 35.7 Å². The van der Waals surface area contributed by atoms with Gasteiger partial charge < -0.3 is 9.47 Å². The maximum Gasteiger partial charge on any atom is 0.331 e. The third kappa shape index (κ3) is 3.45. The van der Waals surface area contributed by atoms with Crippen LogP contribution in [0.5, 0.6) is 11.5 Å². The molecule has 1 aromatic carbocycles. The monoisotopic (exact) mass is 372 g/mol. The molecule has 1 aliphatic heterocycles. The van der Waals surface area contributed by atoms with Crippen LogP contribution in [0, 0.1) is 0 Å². The van der Waals surface area contributed by atoms with Gasteiger partial charge in [0, 0.05) is 10.4 Å². The number of carbonyl (C=O) groups is 3. The minimum absolute atomic E-state index is 0.0555. The van der Waals surface area contributed by atoms with Crippen molar-refractivity contribution in [1.29, 1.82) is 0 Å². The molecule has 0 radical (unpaired) electrons. The average Bonchev–Trinajstić information content (AvgIpc) is 3.15. The highest BCUT2D eigenvalue weighted by Crippen LogP contribution is 2.27. The smallest absolute Gasteiger partial charge is 0.331 e. The fourth-order valence-corrected chi connectivity index (χ4v) is 3.19. The maximum absolute atomic E-state index is 12.7. The van der Waals surface area contributed by atoms with E-state index in [9.17, 15) is 14.4 Å². The zero-order valence-corrected chi connectivity index (χ0v) is 15.0. The number of benzene rings is 1. The lowest BCUT2D eigenvalue weighted by atomic mass is 10.1. The Kier molecular flexibility index (Phi) is 5.04. The summed E-state index contributed by atoms with van der Waals surface area (Å²) >= 11 is 1.39.